The Morgan fingerprint density at radius 3 is 2.75 bits per heavy atom. The Bertz CT molecular complexity index is 646. The predicted molar refractivity (Wildman–Crippen MR) is 94.1 cm³/mol. The highest BCUT2D eigenvalue weighted by atomic mass is 79.9. The second-order valence-electron chi connectivity index (χ2n) is 4.38. The van der Waals surface area contributed by atoms with E-state index in [0.717, 1.165) is 32.4 Å². The topological polar surface area (TPSA) is 42.1 Å². The van der Waals surface area contributed by atoms with E-state index in [2.05, 4.69) is 41.7 Å². The van der Waals surface area contributed by atoms with Gasteiger partial charge in [-0.25, -0.2) is 4.98 Å². The zero-order valence-corrected chi connectivity index (χ0v) is 14.8. The fourth-order valence-electron chi connectivity index (χ4n) is 1.86. The Morgan fingerprint density at radius 1 is 1.35 bits per heavy atom. The molecule has 0 aliphatic heterocycles. The van der Waals surface area contributed by atoms with Crippen LogP contribution in [0, 0.1) is 0 Å². The van der Waals surface area contributed by atoms with Gasteiger partial charge in [-0.05, 0) is 49.6 Å². The van der Waals surface area contributed by atoms with E-state index in [1.54, 1.807) is 6.20 Å². The summed E-state index contributed by atoms with van der Waals surface area (Å²) in [6.07, 6.45) is 1.78. The quantitative estimate of drug-likeness (QED) is 0.771. The molecule has 0 aliphatic carbocycles. The Labute approximate surface area is 140 Å². The molecule has 0 atom stereocenters. The molecular weight excluding hydrogens is 402 g/mol. The molecule has 0 bridgehead atoms. The monoisotopic (exact) mass is 413 g/mol. The Balaban J connectivity index is 2.21. The highest BCUT2D eigenvalue weighted by Gasteiger charge is 2.09. The number of hydrogen-bond donors (Lipinski definition) is 1. The van der Waals surface area contributed by atoms with E-state index in [1.165, 1.54) is 0 Å². The maximum absolute atomic E-state index is 5.66. The van der Waals surface area contributed by atoms with Crippen molar-refractivity contribution in [3.63, 3.8) is 0 Å². The zero-order chi connectivity index (χ0) is 14.7. The lowest BCUT2D eigenvalue weighted by Gasteiger charge is -2.20. The smallest absolute Gasteiger partial charge is 0.142 e. The van der Waals surface area contributed by atoms with Crippen LogP contribution in [-0.4, -0.2) is 17.0 Å². The van der Waals surface area contributed by atoms with Crippen LogP contribution in [0.3, 0.4) is 0 Å². The van der Waals surface area contributed by atoms with E-state index in [0.29, 0.717) is 4.99 Å². The number of benzene rings is 1. The molecule has 0 fully saturated rings. The number of halogens is 2. The minimum Gasteiger partial charge on any atom is -0.389 e. The van der Waals surface area contributed by atoms with Crippen LogP contribution in [-0.2, 0) is 6.54 Å². The molecule has 0 radical (unpaired) electrons. The van der Waals surface area contributed by atoms with Crippen LogP contribution in [0.1, 0.15) is 11.1 Å². The highest BCUT2D eigenvalue weighted by molar-refractivity contribution is 9.11. The van der Waals surface area contributed by atoms with Crippen molar-refractivity contribution in [2.45, 2.75) is 6.54 Å². The van der Waals surface area contributed by atoms with Crippen molar-refractivity contribution in [2.24, 2.45) is 5.73 Å². The SMILES string of the molecule is CN(Cc1cccc(C(N)=S)c1)c1ncc(Br)cc1Br. The molecule has 0 saturated carbocycles. The molecule has 1 aromatic heterocycles. The number of anilines is 1. The molecule has 1 heterocycles. The van der Waals surface area contributed by atoms with Gasteiger partial charge < -0.3 is 10.6 Å². The second kappa shape index (κ2) is 6.65. The molecule has 0 amide bonds. The minimum absolute atomic E-state index is 0.414. The fourth-order valence-corrected chi connectivity index (χ4v) is 3.28. The first-order valence-corrected chi connectivity index (χ1v) is 7.87. The number of nitrogens with two attached hydrogens (primary N) is 1. The second-order valence-corrected chi connectivity index (χ2v) is 6.59. The lowest BCUT2D eigenvalue weighted by molar-refractivity contribution is 0.893. The van der Waals surface area contributed by atoms with Crippen LogP contribution in [0.2, 0.25) is 0 Å². The molecule has 0 spiro atoms. The van der Waals surface area contributed by atoms with Crippen molar-refractivity contribution in [2.75, 3.05) is 11.9 Å². The van der Waals surface area contributed by atoms with E-state index < -0.39 is 0 Å². The van der Waals surface area contributed by atoms with E-state index in [4.69, 9.17) is 18.0 Å². The van der Waals surface area contributed by atoms with Crippen molar-refractivity contribution >= 4 is 54.9 Å². The summed E-state index contributed by atoms with van der Waals surface area (Å²) in [7, 11) is 1.99. The molecule has 3 nitrogen and oxygen atoms in total. The normalized spacial score (nSPS) is 10.3. The molecule has 1 aromatic carbocycles. The van der Waals surface area contributed by atoms with E-state index in [9.17, 15) is 0 Å². The van der Waals surface area contributed by atoms with Crippen LogP contribution in [0.5, 0.6) is 0 Å². The molecule has 20 heavy (non-hydrogen) atoms. The van der Waals surface area contributed by atoms with Crippen LogP contribution in [0.4, 0.5) is 5.82 Å². The minimum atomic E-state index is 0.414. The lowest BCUT2D eigenvalue weighted by Crippen LogP contribution is -2.18. The molecule has 2 aromatic rings. The van der Waals surface area contributed by atoms with Gasteiger partial charge in [0.2, 0.25) is 0 Å². The summed E-state index contributed by atoms with van der Waals surface area (Å²) in [6, 6.07) is 9.91. The summed E-state index contributed by atoms with van der Waals surface area (Å²) in [5.74, 6) is 0.883. The van der Waals surface area contributed by atoms with E-state index in [-0.39, 0.29) is 0 Å². The maximum atomic E-state index is 5.66. The van der Waals surface area contributed by atoms with Gasteiger partial charge in [-0.1, -0.05) is 30.4 Å². The number of aromatic nitrogens is 1. The van der Waals surface area contributed by atoms with Gasteiger partial charge in [0.1, 0.15) is 10.8 Å². The van der Waals surface area contributed by atoms with Crippen molar-refractivity contribution in [1.82, 2.24) is 4.98 Å². The predicted octanol–water partition coefficient (Wildman–Crippen LogP) is 3.88. The van der Waals surface area contributed by atoms with Gasteiger partial charge in [0.15, 0.2) is 0 Å². The molecule has 0 saturated heterocycles. The maximum Gasteiger partial charge on any atom is 0.142 e. The van der Waals surface area contributed by atoms with Gasteiger partial charge in [-0.2, -0.15) is 0 Å². The summed E-state index contributed by atoms with van der Waals surface area (Å²) < 4.78 is 1.89. The molecule has 6 heteroatoms. The molecule has 2 rings (SSSR count). The van der Waals surface area contributed by atoms with Crippen LogP contribution < -0.4 is 10.6 Å². The summed E-state index contributed by atoms with van der Waals surface area (Å²) in [6.45, 7) is 0.726. The van der Waals surface area contributed by atoms with Crippen molar-refractivity contribution < 1.29 is 0 Å². The number of nitrogens with zero attached hydrogens (tertiary/aromatic N) is 2. The van der Waals surface area contributed by atoms with Gasteiger partial charge in [0, 0.05) is 29.8 Å². The molecule has 104 valence electrons. The molecule has 2 N–H and O–H groups in total. The highest BCUT2D eigenvalue weighted by Crippen LogP contribution is 2.26. The van der Waals surface area contributed by atoms with Gasteiger partial charge in [0.05, 0.1) is 4.47 Å². The first kappa shape index (κ1) is 15.4. The Kier molecular flexibility index (Phi) is 5.12. The van der Waals surface area contributed by atoms with Crippen LogP contribution in [0.15, 0.2) is 45.5 Å². The molecule has 0 unspecified atom stereocenters. The van der Waals surface area contributed by atoms with Gasteiger partial charge in [-0.3, -0.25) is 0 Å². The largest absolute Gasteiger partial charge is 0.389 e. The first-order valence-electron chi connectivity index (χ1n) is 5.88. The average Bonchev–Trinajstić information content (AvgIpc) is 2.38. The van der Waals surface area contributed by atoms with Crippen molar-refractivity contribution in [3.05, 3.63) is 56.6 Å². The van der Waals surface area contributed by atoms with Crippen LogP contribution in [0.25, 0.3) is 0 Å². The third-order valence-corrected chi connectivity index (χ3v) is 4.03. The number of hydrogen-bond acceptors (Lipinski definition) is 3. The van der Waals surface area contributed by atoms with Gasteiger partial charge in [-0.15, -0.1) is 0 Å². The fraction of sp³-hybridized carbons (Fsp3) is 0.143. The molecular formula is C14H13Br2N3S. The number of thiocarbonyl (C=S) groups is 1. The summed E-state index contributed by atoms with van der Waals surface area (Å²) in [4.78, 5) is 6.89. The number of pyridine rings is 1. The van der Waals surface area contributed by atoms with Crippen molar-refractivity contribution in [3.8, 4) is 0 Å². The zero-order valence-electron chi connectivity index (χ0n) is 10.8. The van der Waals surface area contributed by atoms with Gasteiger partial charge >= 0.3 is 0 Å². The van der Waals surface area contributed by atoms with E-state index in [1.807, 2.05) is 37.4 Å². The standard InChI is InChI=1S/C14H13Br2N3S/c1-19(14-12(16)6-11(15)7-18-14)8-9-3-2-4-10(5-9)13(17)20/h2-7H,8H2,1H3,(H2,17,20). The van der Waals surface area contributed by atoms with E-state index >= 15 is 0 Å². The summed E-state index contributed by atoms with van der Waals surface area (Å²) in [5, 5.41) is 0. The summed E-state index contributed by atoms with van der Waals surface area (Å²) in [5.41, 5.74) is 7.67. The van der Waals surface area contributed by atoms with Gasteiger partial charge in [0.25, 0.3) is 0 Å². The number of rotatable bonds is 4. The summed E-state index contributed by atoms with van der Waals surface area (Å²) >= 11 is 11.9. The molecule has 0 aliphatic rings. The van der Waals surface area contributed by atoms with Crippen molar-refractivity contribution in [1.29, 1.82) is 0 Å². The average molecular weight is 415 g/mol. The Morgan fingerprint density at radius 2 is 2.10 bits per heavy atom. The first-order chi connectivity index (χ1) is 9.47. The van der Waals surface area contributed by atoms with Crippen LogP contribution >= 0.6 is 44.1 Å². The third-order valence-electron chi connectivity index (χ3n) is 2.78. The Hall–Kier alpha value is -0.980. The third kappa shape index (κ3) is 3.77. The lowest BCUT2D eigenvalue weighted by atomic mass is 10.1.